The van der Waals surface area contributed by atoms with Crippen LogP contribution in [-0.2, 0) is 0 Å². The highest BCUT2D eigenvalue weighted by Gasteiger charge is 2.21. The second-order valence-electron chi connectivity index (χ2n) is 7.48. The molecule has 5 rings (SSSR count). The molecular formula is C22H23N7O. The van der Waals surface area contributed by atoms with Gasteiger partial charge in [0, 0.05) is 43.8 Å². The molecule has 0 saturated carbocycles. The van der Waals surface area contributed by atoms with E-state index >= 15 is 0 Å². The van der Waals surface area contributed by atoms with Gasteiger partial charge in [0.15, 0.2) is 5.65 Å². The maximum atomic E-state index is 9.50. The van der Waals surface area contributed by atoms with E-state index in [1.807, 2.05) is 54.2 Å². The average molecular weight is 401 g/mol. The zero-order valence-electron chi connectivity index (χ0n) is 16.7. The molecule has 3 N–H and O–H groups in total. The molecule has 0 unspecified atom stereocenters. The minimum absolute atomic E-state index is 0.279. The van der Waals surface area contributed by atoms with Gasteiger partial charge in [-0.2, -0.15) is 9.97 Å². The van der Waals surface area contributed by atoms with E-state index in [0.717, 1.165) is 54.3 Å². The van der Waals surface area contributed by atoms with Crippen molar-refractivity contribution in [3.8, 4) is 11.4 Å². The van der Waals surface area contributed by atoms with Crippen LogP contribution in [0.3, 0.4) is 0 Å². The van der Waals surface area contributed by atoms with E-state index in [1.165, 1.54) is 0 Å². The largest absolute Gasteiger partial charge is 0.508 e. The highest BCUT2D eigenvalue weighted by molar-refractivity contribution is 5.88. The number of aryl methyl sites for hydroxylation is 1. The number of piperazine rings is 1. The fraction of sp³-hybridized carbons (Fsp3) is 0.227. The van der Waals surface area contributed by atoms with Gasteiger partial charge in [-0.15, -0.1) is 0 Å². The van der Waals surface area contributed by atoms with E-state index < -0.39 is 0 Å². The number of benzene rings is 1. The van der Waals surface area contributed by atoms with Crippen LogP contribution in [0.5, 0.6) is 5.75 Å². The Bertz CT molecular complexity index is 1180. The number of rotatable bonds is 3. The molecule has 8 heteroatoms. The monoisotopic (exact) mass is 401 g/mol. The van der Waals surface area contributed by atoms with Crippen molar-refractivity contribution in [1.82, 2.24) is 19.5 Å². The highest BCUT2D eigenvalue weighted by Crippen LogP contribution is 2.26. The molecule has 0 amide bonds. The molecule has 1 saturated heterocycles. The van der Waals surface area contributed by atoms with E-state index in [9.17, 15) is 5.11 Å². The Morgan fingerprint density at radius 3 is 2.27 bits per heavy atom. The molecule has 1 aliphatic rings. The van der Waals surface area contributed by atoms with Gasteiger partial charge in [-0.3, -0.25) is 9.55 Å². The number of fused-ring (bicyclic) bond motifs is 1. The lowest BCUT2D eigenvalue weighted by atomic mass is 10.2. The minimum atomic E-state index is 0.279. The van der Waals surface area contributed by atoms with Gasteiger partial charge < -0.3 is 20.6 Å². The number of nitrogens with zero attached hydrogens (tertiary/aromatic N) is 6. The Labute approximate surface area is 174 Å². The summed E-state index contributed by atoms with van der Waals surface area (Å²) in [5.74, 6) is 1.40. The number of nitrogens with two attached hydrogens (primary N) is 1. The molecule has 0 spiro atoms. The number of phenols is 1. The predicted octanol–water partition coefficient (Wildman–Crippen LogP) is 2.74. The number of pyridine rings is 1. The third-order valence-corrected chi connectivity index (χ3v) is 5.51. The number of hydrogen-bond acceptors (Lipinski definition) is 7. The molecule has 1 aliphatic heterocycles. The second-order valence-corrected chi connectivity index (χ2v) is 7.48. The lowest BCUT2D eigenvalue weighted by Gasteiger charge is -2.36. The molecule has 1 aromatic carbocycles. The summed E-state index contributed by atoms with van der Waals surface area (Å²) >= 11 is 0. The number of anilines is 3. The zero-order chi connectivity index (χ0) is 20.7. The van der Waals surface area contributed by atoms with Gasteiger partial charge in [0.2, 0.25) is 5.95 Å². The zero-order valence-corrected chi connectivity index (χ0v) is 16.7. The maximum Gasteiger partial charge on any atom is 0.229 e. The Hall–Kier alpha value is -3.81. The molecule has 0 bridgehead atoms. The summed E-state index contributed by atoms with van der Waals surface area (Å²) in [6.45, 7) is 5.23. The molecule has 0 radical (unpaired) electrons. The third-order valence-electron chi connectivity index (χ3n) is 5.51. The van der Waals surface area contributed by atoms with E-state index in [-0.39, 0.29) is 5.75 Å². The van der Waals surface area contributed by atoms with Gasteiger partial charge >= 0.3 is 0 Å². The molecular weight excluding hydrogens is 378 g/mol. The number of hydrogen-bond donors (Lipinski definition) is 2. The van der Waals surface area contributed by atoms with Gasteiger partial charge in [-0.1, -0.05) is 0 Å². The van der Waals surface area contributed by atoms with Crippen LogP contribution in [0, 0.1) is 6.92 Å². The molecule has 4 aromatic rings. The number of aromatic nitrogens is 4. The SMILES string of the molecule is Cc1ccc(-n2ccc3c(N)nc(N4CCN(c5ccc(O)cc5)CC4)nc32)cn1. The smallest absolute Gasteiger partial charge is 0.229 e. The fourth-order valence-corrected chi connectivity index (χ4v) is 3.81. The summed E-state index contributed by atoms with van der Waals surface area (Å²) in [6.07, 6.45) is 3.79. The first kappa shape index (κ1) is 18.2. The van der Waals surface area contributed by atoms with Gasteiger partial charge in [0.25, 0.3) is 0 Å². The van der Waals surface area contributed by atoms with Crippen LogP contribution in [0.1, 0.15) is 5.69 Å². The Balaban J connectivity index is 1.42. The van der Waals surface area contributed by atoms with Crippen molar-refractivity contribution in [2.24, 2.45) is 0 Å². The summed E-state index contributed by atoms with van der Waals surface area (Å²) in [5, 5.41) is 10.3. The van der Waals surface area contributed by atoms with Crippen LogP contribution >= 0.6 is 0 Å². The summed E-state index contributed by atoms with van der Waals surface area (Å²) in [7, 11) is 0. The maximum absolute atomic E-state index is 9.50. The first-order valence-electron chi connectivity index (χ1n) is 9.95. The molecule has 30 heavy (non-hydrogen) atoms. The van der Waals surface area contributed by atoms with Crippen molar-refractivity contribution in [2.45, 2.75) is 6.92 Å². The molecule has 152 valence electrons. The Morgan fingerprint density at radius 1 is 0.867 bits per heavy atom. The molecule has 1 fully saturated rings. The lowest BCUT2D eigenvalue weighted by Crippen LogP contribution is -2.47. The summed E-state index contributed by atoms with van der Waals surface area (Å²) in [6, 6.07) is 13.3. The van der Waals surface area contributed by atoms with Crippen molar-refractivity contribution < 1.29 is 5.11 Å². The van der Waals surface area contributed by atoms with Crippen LogP contribution in [0.2, 0.25) is 0 Å². The second kappa shape index (κ2) is 7.22. The minimum Gasteiger partial charge on any atom is -0.508 e. The topological polar surface area (TPSA) is 96.3 Å². The van der Waals surface area contributed by atoms with E-state index in [4.69, 9.17) is 10.7 Å². The van der Waals surface area contributed by atoms with Crippen LogP contribution in [-0.4, -0.2) is 50.8 Å². The Kier molecular flexibility index (Phi) is 4.39. The van der Waals surface area contributed by atoms with Crippen LogP contribution in [0.25, 0.3) is 16.7 Å². The molecule has 0 atom stereocenters. The van der Waals surface area contributed by atoms with Crippen molar-refractivity contribution in [3.63, 3.8) is 0 Å². The lowest BCUT2D eigenvalue weighted by molar-refractivity contribution is 0.475. The predicted molar refractivity (Wildman–Crippen MR) is 118 cm³/mol. The summed E-state index contributed by atoms with van der Waals surface area (Å²) in [4.78, 5) is 18.3. The van der Waals surface area contributed by atoms with Crippen molar-refractivity contribution >= 4 is 28.5 Å². The van der Waals surface area contributed by atoms with E-state index in [2.05, 4.69) is 19.8 Å². The first-order chi connectivity index (χ1) is 14.6. The van der Waals surface area contributed by atoms with Gasteiger partial charge in [0.1, 0.15) is 11.6 Å². The van der Waals surface area contributed by atoms with Gasteiger partial charge in [0.05, 0.1) is 17.3 Å². The van der Waals surface area contributed by atoms with Crippen molar-refractivity contribution in [3.05, 3.63) is 60.6 Å². The van der Waals surface area contributed by atoms with E-state index in [0.29, 0.717) is 11.8 Å². The standard InChI is InChI=1S/C22H23N7O/c1-15-2-3-17(14-24-15)29-9-8-19-20(23)25-22(26-21(19)29)28-12-10-27(11-13-28)16-4-6-18(30)7-5-16/h2-9,14,30H,10-13H2,1H3,(H2,23,25,26). The van der Waals surface area contributed by atoms with Gasteiger partial charge in [-0.05, 0) is 49.4 Å². The van der Waals surface area contributed by atoms with Crippen molar-refractivity contribution in [2.75, 3.05) is 41.7 Å². The third kappa shape index (κ3) is 3.26. The highest BCUT2D eigenvalue weighted by atomic mass is 16.3. The average Bonchev–Trinajstić information content (AvgIpc) is 3.20. The number of phenolic OH excluding ortho intramolecular Hbond substituents is 1. The van der Waals surface area contributed by atoms with Crippen LogP contribution in [0.4, 0.5) is 17.5 Å². The number of aromatic hydroxyl groups is 1. The Morgan fingerprint density at radius 2 is 1.57 bits per heavy atom. The normalized spacial score (nSPS) is 14.4. The summed E-state index contributed by atoms with van der Waals surface area (Å²) in [5.41, 5.74) is 10.1. The van der Waals surface area contributed by atoms with Crippen molar-refractivity contribution in [1.29, 1.82) is 0 Å². The summed E-state index contributed by atoms with van der Waals surface area (Å²) < 4.78 is 2.00. The first-order valence-corrected chi connectivity index (χ1v) is 9.95. The molecule has 0 aliphatic carbocycles. The van der Waals surface area contributed by atoms with Crippen LogP contribution < -0.4 is 15.5 Å². The van der Waals surface area contributed by atoms with Gasteiger partial charge in [-0.25, -0.2) is 0 Å². The number of nitrogen functional groups attached to an aromatic ring is 1. The molecule has 8 nitrogen and oxygen atoms in total. The molecule has 3 aromatic heterocycles. The van der Waals surface area contributed by atoms with E-state index in [1.54, 1.807) is 12.1 Å². The fourth-order valence-electron chi connectivity index (χ4n) is 3.81. The van der Waals surface area contributed by atoms with Crippen LogP contribution in [0.15, 0.2) is 54.9 Å². The molecule has 4 heterocycles. The quantitative estimate of drug-likeness (QED) is 0.545.